The summed E-state index contributed by atoms with van der Waals surface area (Å²) in [5.74, 6) is 0. The molecule has 2 heteroatoms. The molecule has 1 aromatic carbocycles. The molecule has 0 aliphatic rings. The third-order valence-electron chi connectivity index (χ3n) is 1.53. The van der Waals surface area contributed by atoms with Gasteiger partial charge in [0.15, 0.2) is 0 Å². The summed E-state index contributed by atoms with van der Waals surface area (Å²) >= 11 is 5.28. The van der Waals surface area contributed by atoms with Crippen LogP contribution in [-0.4, -0.2) is 0 Å². The van der Waals surface area contributed by atoms with Gasteiger partial charge in [0.25, 0.3) is 0 Å². The molecule has 0 aliphatic heterocycles. The van der Waals surface area contributed by atoms with Crippen molar-refractivity contribution in [2.75, 3.05) is 0 Å². The predicted octanol–water partition coefficient (Wildman–Crippen LogP) is 3.77. The van der Waals surface area contributed by atoms with E-state index in [0.29, 0.717) is 0 Å². The molecule has 1 aromatic heterocycles. The Balaban J connectivity index is 2.90. The maximum Gasteiger partial charge on any atom is 0.0494 e. The zero-order chi connectivity index (χ0) is 7.84. The monoisotopic (exact) mass is 225 g/mol. The van der Waals surface area contributed by atoms with Gasteiger partial charge in [-0.25, -0.2) is 0 Å². The second-order valence-corrected chi connectivity index (χ2v) is 4.48. The van der Waals surface area contributed by atoms with Gasteiger partial charge in [0, 0.05) is 25.5 Å². The maximum atomic E-state index is 3.50. The molecule has 0 aliphatic carbocycles. The van der Waals surface area contributed by atoms with E-state index >= 15 is 0 Å². The molecule has 0 N–H and O–H groups in total. The zero-order valence-electron chi connectivity index (χ0n) is 6.02. The average molecular weight is 226 g/mol. The molecule has 0 fully saturated rings. The molecule has 0 saturated carbocycles. The molecule has 2 rings (SSSR count). The predicted molar refractivity (Wildman–Crippen MR) is 53.1 cm³/mol. The summed E-state index contributed by atoms with van der Waals surface area (Å²) in [5.41, 5.74) is 0. The molecule has 0 unspecified atom stereocenters. The minimum absolute atomic E-state index is 1.17. The fourth-order valence-corrected chi connectivity index (χ4v) is 2.55. The molecule has 0 bridgehead atoms. The summed E-state index contributed by atoms with van der Waals surface area (Å²) in [6.45, 7) is 2.08. The van der Waals surface area contributed by atoms with Gasteiger partial charge < -0.3 is 0 Å². The van der Waals surface area contributed by atoms with Crippen LogP contribution in [0.3, 0.4) is 0 Å². The van der Waals surface area contributed by atoms with Crippen LogP contribution in [0.2, 0.25) is 0 Å². The maximum absolute atomic E-state index is 3.50. The fourth-order valence-electron chi connectivity index (χ4n) is 1.08. The number of hydrogen-bond acceptors (Lipinski definition) is 1. The van der Waals surface area contributed by atoms with Gasteiger partial charge in [0.05, 0.1) is 0 Å². The Morgan fingerprint density at radius 1 is 1.45 bits per heavy atom. The molecule has 11 heavy (non-hydrogen) atoms. The number of hydrogen-bond donors (Lipinski definition) is 0. The minimum Gasteiger partial charge on any atom is -0.139 e. The van der Waals surface area contributed by atoms with Gasteiger partial charge in [-0.3, -0.25) is 0 Å². The molecule has 1 heterocycles. The highest BCUT2D eigenvalue weighted by Crippen LogP contribution is 2.30. The molecule has 0 saturated heterocycles. The van der Waals surface area contributed by atoms with E-state index in [-0.39, 0.29) is 0 Å². The molecular formula is C9H6BrS. The van der Waals surface area contributed by atoms with Crippen LogP contribution in [0.5, 0.6) is 0 Å². The van der Waals surface area contributed by atoms with E-state index in [9.17, 15) is 0 Å². The van der Waals surface area contributed by atoms with Crippen molar-refractivity contribution in [1.29, 1.82) is 0 Å². The minimum atomic E-state index is 1.17. The Hall–Kier alpha value is -0.340. The Bertz CT molecular complexity index is 389. The van der Waals surface area contributed by atoms with E-state index in [1.165, 1.54) is 19.4 Å². The lowest BCUT2D eigenvalue weighted by Gasteiger charge is -1.89. The van der Waals surface area contributed by atoms with Gasteiger partial charge in [-0.05, 0) is 28.9 Å². The Morgan fingerprint density at radius 3 is 3.00 bits per heavy atom. The zero-order valence-corrected chi connectivity index (χ0v) is 8.42. The van der Waals surface area contributed by atoms with Gasteiger partial charge in [-0.1, -0.05) is 12.1 Å². The standard InChI is InChI=1S/C9H6BrS/c1-6-5-7-3-2-4-8(10)9(7)11-6/h2-4H,1H3. The SMILES string of the molecule is Cc1[c]c2cccc(Br)c2s1. The lowest BCUT2D eigenvalue weighted by Crippen LogP contribution is -1.62. The van der Waals surface area contributed by atoms with E-state index in [1.807, 2.05) is 6.07 Å². The van der Waals surface area contributed by atoms with Crippen LogP contribution in [0.25, 0.3) is 10.1 Å². The van der Waals surface area contributed by atoms with Crippen molar-refractivity contribution in [2.24, 2.45) is 0 Å². The van der Waals surface area contributed by atoms with Crippen LogP contribution in [0.4, 0.5) is 0 Å². The quantitative estimate of drug-likeness (QED) is 0.641. The van der Waals surface area contributed by atoms with Crippen LogP contribution in [-0.2, 0) is 0 Å². The number of halogens is 1. The summed E-state index contributed by atoms with van der Waals surface area (Å²) in [7, 11) is 0. The van der Waals surface area contributed by atoms with Gasteiger partial charge >= 0.3 is 0 Å². The van der Waals surface area contributed by atoms with Crippen molar-refractivity contribution in [3.8, 4) is 0 Å². The first-order valence-electron chi connectivity index (χ1n) is 3.34. The van der Waals surface area contributed by atoms with Crippen molar-refractivity contribution in [3.63, 3.8) is 0 Å². The van der Waals surface area contributed by atoms with Gasteiger partial charge in [-0.2, -0.15) is 0 Å². The van der Waals surface area contributed by atoms with Crippen LogP contribution < -0.4 is 0 Å². The Labute approximate surface area is 78.0 Å². The van der Waals surface area contributed by atoms with Gasteiger partial charge in [0.1, 0.15) is 0 Å². The van der Waals surface area contributed by atoms with Crippen molar-refractivity contribution < 1.29 is 0 Å². The molecule has 2 aromatic rings. The third-order valence-corrected chi connectivity index (χ3v) is 3.51. The fraction of sp³-hybridized carbons (Fsp3) is 0.111. The first-order valence-corrected chi connectivity index (χ1v) is 4.95. The number of benzene rings is 1. The largest absolute Gasteiger partial charge is 0.139 e. The molecule has 0 atom stereocenters. The second kappa shape index (κ2) is 2.61. The van der Waals surface area contributed by atoms with Crippen molar-refractivity contribution in [2.45, 2.75) is 6.92 Å². The third kappa shape index (κ3) is 1.21. The number of rotatable bonds is 0. The molecule has 0 amide bonds. The van der Waals surface area contributed by atoms with Crippen molar-refractivity contribution in [3.05, 3.63) is 33.6 Å². The smallest absolute Gasteiger partial charge is 0.0494 e. The average Bonchev–Trinajstić information content (AvgIpc) is 2.31. The molecule has 1 radical (unpaired) electrons. The van der Waals surface area contributed by atoms with Gasteiger partial charge in [-0.15, -0.1) is 11.3 Å². The van der Waals surface area contributed by atoms with E-state index in [0.717, 1.165) is 0 Å². The highest BCUT2D eigenvalue weighted by atomic mass is 79.9. The summed E-state index contributed by atoms with van der Waals surface area (Å²) in [6.07, 6.45) is 0. The second-order valence-electron chi connectivity index (χ2n) is 2.40. The number of aryl methyl sites for hydroxylation is 1. The topological polar surface area (TPSA) is 0 Å². The molecule has 55 valence electrons. The van der Waals surface area contributed by atoms with Gasteiger partial charge in [0.2, 0.25) is 0 Å². The van der Waals surface area contributed by atoms with Crippen LogP contribution in [0.1, 0.15) is 4.88 Å². The van der Waals surface area contributed by atoms with E-state index in [4.69, 9.17) is 0 Å². The van der Waals surface area contributed by atoms with Crippen molar-refractivity contribution >= 4 is 37.4 Å². The Kier molecular flexibility index (Phi) is 1.74. The number of thiophene rings is 1. The summed E-state index contributed by atoms with van der Waals surface area (Å²) in [5, 5.41) is 1.21. The number of fused-ring (bicyclic) bond motifs is 1. The summed E-state index contributed by atoms with van der Waals surface area (Å²) in [6, 6.07) is 9.47. The Morgan fingerprint density at radius 2 is 2.27 bits per heavy atom. The van der Waals surface area contributed by atoms with Crippen LogP contribution >= 0.6 is 27.3 Å². The van der Waals surface area contributed by atoms with E-state index < -0.39 is 0 Å². The summed E-state index contributed by atoms with van der Waals surface area (Å²) in [4.78, 5) is 1.24. The summed E-state index contributed by atoms with van der Waals surface area (Å²) < 4.78 is 2.47. The molecule has 0 nitrogen and oxygen atoms in total. The first kappa shape index (κ1) is 7.32. The lowest BCUT2D eigenvalue weighted by molar-refractivity contribution is 1.64. The van der Waals surface area contributed by atoms with E-state index in [1.54, 1.807) is 11.3 Å². The highest BCUT2D eigenvalue weighted by molar-refractivity contribution is 9.10. The lowest BCUT2D eigenvalue weighted by atomic mass is 10.2. The molecular weight excluding hydrogens is 220 g/mol. The van der Waals surface area contributed by atoms with E-state index in [2.05, 4.69) is 41.1 Å². The normalized spacial score (nSPS) is 10.7. The molecule has 0 spiro atoms. The first-order chi connectivity index (χ1) is 5.27. The van der Waals surface area contributed by atoms with Crippen molar-refractivity contribution in [1.82, 2.24) is 0 Å². The highest BCUT2D eigenvalue weighted by Gasteiger charge is 2.00. The van der Waals surface area contributed by atoms with Crippen LogP contribution in [0.15, 0.2) is 22.7 Å². The van der Waals surface area contributed by atoms with Crippen LogP contribution in [0, 0.1) is 13.0 Å².